The highest BCUT2D eigenvalue weighted by atomic mass is 19.1. The molecule has 1 fully saturated rings. The molecule has 12 heteroatoms. The van der Waals surface area contributed by atoms with Gasteiger partial charge in [0.15, 0.2) is 0 Å². The molecule has 1 amide bonds. The number of carboxylic acids is 1. The lowest BCUT2D eigenvalue weighted by Gasteiger charge is -2.32. The SMILES string of the molecule is CNCC(=O)NCC(=O)O.O=CCn1nc2c3c(cccc31)-c1cc3c(cnn3N3CCC2CC3)cc1F. The number of nitrogens with zero attached hydrogens (tertiary/aromatic N) is 5. The molecule has 3 aliphatic heterocycles. The Bertz CT molecular complexity index is 1520. The highest BCUT2D eigenvalue weighted by Crippen LogP contribution is 2.40. The van der Waals surface area contributed by atoms with Crippen molar-refractivity contribution >= 4 is 40.0 Å². The number of aliphatic carboxylic acids is 1. The highest BCUT2D eigenvalue weighted by molar-refractivity contribution is 5.99. The Labute approximate surface area is 217 Å². The van der Waals surface area contributed by atoms with Gasteiger partial charge in [0.25, 0.3) is 0 Å². The molecule has 4 aromatic rings. The second-order valence-electron chi connectivity index (χ2n) is 9.29. The number of carboxylic acid groups (broad SMARTS) is 1. The van der Waals surface area contributed by atoms with Crippen molar-refractivity contribution in [2.45, 2.75) is 25.3 Å². The third kappa shape index (κ3) is 4.70. The van der Waals surface area contributed by atoms with Crippen molar-refractivity contribution in [3.05, 3.63) is 48.0 Å². The van der Waals surface area contributed by atoms with E-state index in [1.54, 1.807) is 24.0 Å². The molecule has 3 aliphatic rings. The van der Waals surface area contributed by atoms with Gasteiger partial charge in [0, 0.05) is 35.3 Å². The van der Waals surface area contributed by atoms with Gasteiger partial charge in [-0.15, -0.1) is 0 Å². The van der Waals surface area contributed by atoms with E-state index in [1.165, 1.54) is 0 Å². The number of fused-ring (bicyclic) bond motifs is 2. The summed E-state index contributed by atoms with van der Waals surface area (Å²) in [5.41, 5.74) is 4.16. The summed E-state index contributed by atoms with van der Waals surface area (Å²) in [4.78, 5) is 33.5. The third-order valence-electron chi connectivity index (χ3n) is 6.88. The fraction of sp³-hybridized carbons (Fsp3) is 0.346. The van der Waals surface area contributed by atoms with Crippen LogP contribution in [0.2, 0.25) is 0 Å². The average Bonchev–Trinajstić information content (AvgIpc) is 3.48. The number of likely N-dealkylation sites (N-methyl/N-ethyl adjacent to an activating group) is 1. The van der Waals surface area contributed by atoms with E-state index < -0.39 is 5.97 Å². The molecule has 0 spiro atoms. The molecule has 11 nitrogen and oxygen atoms in total. The molecule has 0 radical (unpaired) electrons. The molecule has 2 aromatic heterocycles. The molecule has 1 saturated heterocycles. The molecular formula is C26H28FN7O4. The van der Waals surface area contributed by atoms with Gasteiger partial charge in [-0.05, 0) is 43.7 Å². The molecular weight excluding hydrogens is 493 g/mol. The van der Waals surface area contributed by atoms with Crippen LogP contribution in [0, 0.1) is 5.82 Å². The van der Waals surface area contributed by atoms with E-state index in [-0.39, 0.29) is 37.3 Å². The molecule has 0 atom stereocenters. The topological polar surface area (TPSA) is 134 Å². The first-order chi connectivity index (χ1) is 18.4. The predicted molar refractivity (Wildman–Crippen MR) is 139 cm³/mol. The number of benzene rings is 2. The van der Waals surface area contributed by atoms with Crippen molar-refractivity contribution in [3.63, 3.8) is 0 Å². The van der Waals surface area contributed by atoms with E-state index in [2.05, 4.69) is 20.7 Å². The van der Waals surface area contributed by atoms with Gasteiger partial charge in [-0.3, -0.25) is 19.3 Å². The van der Waals surface area contributed by atoms with Gasteiger partial charge in [0.05, 0.1) is 36.0 Å². The maximum absolute atomic E-state index is 15.1. The van der Waals surface area contributed by atoms with Gasteiger partial charge in [-0.25, -0.2) is 4.39 Å². The van der Waals surface area contributed by atoms with E-state index in [4.69, 9.17) is 10.2 Å². The van der Waals surface area contributed by atoms with E-state index in [9.17, 15) is 14.4 Å². The normalized spacial score (nSPS) is 14.3. The number of aldehydes is 1. The molecule has 7 rings (SSSR count). The number of aromatic nitrogens is 4. The van der Waals surface area contributed by atoms with Crippen LogP contribution < -0.4 is 15.6 Å². The van der Waals surface area contributed by atoms with Crippen LogP contribution in [-0.2, 0) is 20.9 Å². The van der Waals surface area contributed by atoms with Gasteiger partial charge < -0.3 is 20.5 Å². The van der Waals surface area contributed by atoms with Gasteiger partial charge in [0.1, 0.15) is 18.6 Å². The Morgan fingerprint density at radius 1 is 1.16 bits per heavy atom. The second kappa shape index (κ2) is 10.6. The number of halogens is 1. The molecule has 0 saturated carbocycles. The van der Waals surface area contributed by atoms with Crippen molar-refractivity contribution in [2.24, 2.45) is 0 Å². The second-order valence-corrected chi connectivity index (χ2v) is 9.29. The van der Waals surface area contributed by atoms with Crippen LogP contribution in [0.4, 0.5) is 4.39 Å². The lowest BCUT2D eigenvalue weighted by Crippen LogP contribution is -2.41. The molecule has 0 aliphatic carbocycles. The summed E-state index contributed by atoms with van der Waals surface area (Å²) in [7, 11) is 1.61. The number of piperidine rings is 1. The maximum Gasteiger partial charge on any atom is 0.322 e. The Morgan fingerprint density at radius 2 is 1.95 bits per heavy atom. The standard InChI is InChI=1S/C21H18FN5O.C5H10N2O3/c22-17-10-14-12-23-27-19(14)11-16(17)15-2-1-3-18-20(15)21(24-26(18)8-9-28)13-4-6-25(27)7-5-13;1-6-2-4(8)7-3-5(9)10/h1-3,9-13H,4-8H2;6H,2-3H2,1H3,(H,7,8)(H,9,10). The Kier molecular flexibility index (Phi) is 7.05. The van der Waals surface area contributed by atoms with Crippen molar-refractivity contribution in [3.8, 4) is 11.1 Å². The Hall–Kier alpha value is -4.32. The smallest absolute Gasteiger partial charge is 0.322 e. The zero-order valence-corrected chi connectivity index (χ0v) is 20.9. The lowest BCUT2D eigenvalue weighted by atomic mass is 9.89. The monoisotopic (exact) mass is 521 g/mol. The van der Waals surface area contributed by atoms with Gasteiger partial charge >= 0.3 is 5.97 Å². The van der Waals surface area contributed by atoms with Crippen LogP contribution >= 0.6 is 0 Å². The molecule has 198 valence electrons. The minimum absolute atomic E-state index is 0.146. The van der Waals surface area contributed by atoms with Crippen LogP contribution in [0.25, 0.3) is 32.9 Å². The molecule has 38 heavy (non-hydrogen) atoms. The fourth-order valence-corrected chi connectivity index (χ4v) is 5.17. The number of nitrogens with one attached hydrogen (secondary N) is 2. The van der Waals surface area contributed by atoms with Crippen molar-refractivity contribution < 1.29 is 23.9 Å². The zero-order valence-electron chi connectivity index (χ0n) is 20.9. The first-order valence-electron chi connectivity index (χ1n) is 12.4. The number of hydrogen-bond donors (Lipinski definition) is 3. The van der Waals surface area contributed by atoms with Crippen molar-refractivity contribution in [2.75, 3.05) is 38.2 Å². The Morgan fingerprint density at radius 3 is 2.66 bits per heavy atom. The summed E-state index contributed by atoms with van der Waals surface area (Å²) in [6.07, 6.45) is 4.48. The molecule has 0 unspecified atom stereocenters. The number of rotatable bonds is 6. The van der Waals surface area contributed by atoms with Crippen molar-refractivity contribution in [1.82, 2.24) is 30.3 Å². The van der Waals surface area contributed by atoms with Crippen LogP contribution in [0.3, 0.4) is 0 Å². The van der Waals surface area contributed by atoms with Crippen LogP contribution in [-0.4, -0.2) is 76.2 Å². The number of carbonyl (C=O) groups is 3. The summed E-state index contributed by atoms with van der Waals surface area (Å²) in [5, 5.41) is 26.2. The summed E-state index contributed by atoms with van der Waals surface area (Å²) in [6, 6.07) is 9.29. The summed E-state index contributed by atoms with van der Waals surface area (Å²) in [5.74, 6) is -1.34. The lowest BCUT2D eigenvalue weighted by molar-refractivity contribution is -0.137. The Balaban J connectivity index is 0.000000253. The minimum atomic E-state index is -1.04. The molecule has 4 bridgehead atoms. The van der Waals surface area contributed by atoms with Gasteiger partial charge in [-0.2, -0.15) is 15.0 Å². The molecule has 3 N–H and O–H groups in total. The van der Waals surface area contributed by atoms with E-state index in [1.807, 2.05) is 29.1 Å². The van der Waals surface area contributed by atoms with Crippen LogP contribution in [0.5, 0.6) is 0 Å². The fourth-order valence-electron chi connectivity index (χ4n) is 5.17. The summed E-state index contributed by atoms with van der Waals surface area (Å²) < 4.78 is 16.9. The zero-order chi connectivity index (χ0) is 26.8. The van der Waals surface area contributed by atoms with Crippen molar-refractivity contribution in [1.29, 1.82) is 0 Å². The largest absolute Gasteiger partial charge is 0.480 e. The number of amides is 1. The van der Waals surface area contributed by atoms with Crippen LogP contribution in [0.1, 0.15) is 24.5 Å². The molecule has 2 aromatic carbocycles. The van der Waals surface area contributed by atoms with E-state index in [0.29, 0.717) is 5.56 Å². The predicted octanol–water partition coefficient (Wildman–Crippen LogP) is 1.63. The van der Waals surface area contributed by atoms with Gasteiger partial charge in [-0.1, -0.05) is 12.1 Å². The average molecular weight is 522 g/mol. The van der Waals surface area contributed by atoms with Crippen LogP contribution in [0.15, 0.2) is 36.5 Å². The number of carbonyl (C=O) groups excluding carboxylic acids is 2. The highest BCUT2D eigenvalue weighted by Gasteiger charge is 2.29. The summed E-state index contributed by atoms with van der Waals surface area (Å²) >= 11 is 0. The van der Waals surface area contributed by atoms with E-state index >= 15 is 4.39 Å². The molecule has 5 heterocycles. The third-order valence-corrected chi connectivity index (χ3v) is 6.88. The minimum Gasteiger partial charge on any atom is -0.480 e. The first-order valence-corrected chi connectivity index (χ1v) is 12.4. The quantitative estimate of drug-likeness (QED) is 0.326. The maximum atomic E-state index is 15.1. The summed E-state index contributed by atoms with van der Waals surface area (Å²) in [6.45, 7) is 1.75. The van der Waals surface area contributed by atoms with E-state index in [0.717, 1.165) is 65.3 Å². The number of hydrogen-bond acceptors (Lipinski definition) is 7. The van der Waals surface area contributed by atoms with Gasteiger partial charge in [0.2, 0.25) is 5.91 Å². The first kappa shape index (κ1) is 25.3.